The number of methoxy groups -OCH3 is 1. The Morgan fingerprint density at radius 3 is 2.33 bits per heavy atom. The molecule has 1 fully saturated rings. The van der Waals surface area contributed by atoms with Crippen molar-refractivity contribution >= 4 is 11.5 Å². The molecule has 3 aromatic rings. The van der Waals surface area contributed by atoms with Crippen LogP contribution in [0.2, 0.25) is 0 Å². The van der Waals surface area contributed by atoms with Gasteiger partial charge in [0.25, 0.3) is 0 Å². The molecule has 0 bridgehead atoms. The normalized spacial score (nSPS) is 17.4. The molecule has 1 unspecified atom stereocenters. The van der Waals surface area contributed by atoms with Crippen molar-refractivity contribution in [1.29, 1.82) is 0 Å². The number of rotatable bonds is 5. The van der Waals surface area contributed by atoms with Gasteiger partial charge < -0.3 is 34.5 Å². The molecular weight excluding hydrogens is 417 g/mol. The Hall–Kier alpha value is -1.98. The minimum absolute atomic E-state index is 0. The SMILES string of the molecule is COc1ccc(-c2cc3n(c2)-c2ccccc2[NH+]3CC[NH+]2CCCCC2)cc1.[Cl-].[Cl-]. The smallest absolute Gasteiger partial charge is 0.217 e. The summed E-state index contributed by atoms with van der Waals surface area (Å²) in [6.07, 6.45) is 6.48. The first-order valence-electron chi connectivity index (χ1n) is 10.5. The van der Waals surface area contributed by atoms with E-state index in [9.17, 15) is 0 Å². The highest BCUT2D eigenvalue weighted by Crippen LogP contribution is 2.33. The van der Waals surface area contributed by atoms with Gasteiger partial charge in [-0.1, -0.05) is 24.3 Å². The molecule has 2 aliphatic heterocycles. The maximum atomic E-state index is 5.31. The molecule has 0 aliphatic carbocycles. The van der Waals surface area contributed by atoms with Gasteiger partial charge >= 0.3 is 0 Å². The van der Waals surface area contributed by atoms with Gasteiger partial charge in [-0.25, -0.2) is 4.90 Å². The number of piperidine rings is 1. The minimum atomic E-state index is 0. The maximum Gasteiger partial charge on any atom is 0.217 e. The summed E-state index contributed by atoms with van der Waals surface area (Å²) >= 11 is 0. The van der Waals surface area contributed by atoms with Gasteiger partial charge in [0.1, 0.15) is 24.5 Å². The summed E-state index contributed by atoms with van der Waals surface area (Å²) in [4.78, 5) is 3.28. The number of halogens is 2. The van der Waals surface area contributed by atoms with Crippen molar-refractivity contribution in [3.05, 3.63) is 60.8 Å². The van der Waals surface area contributed by atoms with Crippen molar-refractivity contribution in [2.24, 2.45) is 0 Å². The van der Waals surface area contributed by atoms with Crippen LogP contribution < -0.4 is 39.4 Å². The number of hydrogen-bond acceptors (Lipinski definition) is 1. The van der Waals surface area contributed by atoms with Gasteiger partial charge in [0.15, 0.2) is 5.69 Å². The molecule has 5 rings (SSSR count). The first-order chi connectivity index (χ1) is 13.8. The van der Waals surface area contributed by atoms with E-state index < -0.39 is 0 Å². The average Bonchev–Trinajstić information content (AvgIpc) is 3.31. The van der Waals surface area contributed by atoms with E-state index in [-0.39, 0.29) is 24.8 Å². The highest BCUT2D eigenvalue weighted by Gasteiger charge is 2.33. The van der Waals surface area contributed by atoms with Gasteiger partial charge in [-0.3, -0.25) is 4.57 Å². The van der Waals surface area contributed by atoms with Gasteiger partial charge in [-0.2, -0.15) is 0 Å². The Bertz CT molecular complexity index is 965. The number of hydrogen-bond donors (Lipinski definition) is 2. The zero-order valence-electron chi connectivity index (χ0n) is 17.3. The van der Waals surface area contributed by atoms with Crippen LogP contribution in [0.5, 0.6) is 5.75 Å². The summed E-state index contributed by atoms with van der Waals surface area (Å²) < 4.78 is 7.69. The van der Waals surface area contributed by atoms with Crippen molar-refractivity contribution in [2.75, 3.05) is 33.3 Å². The molecule has 1 aromatic heterocycles. The lowest BCUT2D eigenvalue weighted by Crippen LogP contribution is -3.17. The van der Waals surface area contributed by atoms with Crippen LogP contribution >= 0.6 is 0 Å². The van der Waals surface area contributed by atoms with E-state index in [0.29, 0.717) is 0 Å². The van der Waals surface area contributed by atoms with Crippen LogP contribution in [-0.2, 0) is 0 Å². The third kappa shape index (κ3) is 4.23. The van der Waals surface area contributed by atoms with Crippen LogP contribution in [0.4, 0.5) is 11.5 Å². The molecule has 2 N–H and O–H groups in total. The molecule has 160 valence electrons. The Labute approximate surface area is 191 Å². The predicted octanol–water partition coefficient (Wildman–Crippen LogP) is -3.61. The van der Waals surface area contributed by atoms with Crippen LogP contribution in [0.15, 0.2) is 60.8 Å². The number of quaternary nitrogens is 2. The highest BCUT2D eigenvalue weighted by molar-refractivity contribution is 5.71. The van der Waals surface area contributed by atoms with Crippen molar-refractivity contribution in [2.45, 2.75) is 19.3 Å². The van der Waals surface area contributed by atoms with E-state index in [0.717, 1.165) is 12.3 Å². The molecule has 6 heteroatoms. The number of nitrogens with one attached hydrogen (secondary N) is 2. The fourth-order valence-electron chi connectivity index (χ4n) is 4.78. The van der Waals surface area contributed by atoms with Crippen LogP contribution in [-0.4, -0.2) is 37.9 Å². The lowest BCUT2D eigenvalue weighted by Gasteiger charge is -2.24. The second kappa shape index (κ2) is 9.88. The maximum absolute atomic E-state index is 5.31. The van der Waals surface area contributed by atoms with Gasteiger partial charge in [0, 0.05) is 23.9 Å². The Kier molecular flexibility index (Phi) is 7.48. The fourth-order valence-corrected chi connectivity index (χ4v) is 4.78. The number of nitrogens with zero attached hydrogens (tertiary/aromatic N) is 1. The number of fused-ring (bicyclic) bond motifs is 3. The molecule has 0 spiro atoms. The van der Waals surface area contributed by atoms with Crippen molar-refractivity contribution in [3.63, 3.8) is 0 Å². The first-order valence-corrected chi connectivity index (χ1v) is 10.5. The number of aromatic nitrogens is 1. The van der Waals surface area contributed by atoms with E-state index in [1.54, 1.807) is 12.0 Å². The molecule has 1 saturated heterocycles. The molecule has 4 nitrogen and oxygen atoms in total. The highest BCUT2D eigenvalue weighted by atomic mass is 35.5. The molecule has 3 heterocycles. The van der Waals surface area contributed by atoms with Crippen LogP contribution in [0.3, 0.4) is 0 Å². The molecule has 2 aromatic carbocycles. The number of para-hydroxylation sites is 2. The summed E-state index contributed by atoms with van der Waals surface area (Å²) in [6.45, 7) is 5.07. The largest absolute Gasteiger partial charge is 1.00 e. The number of benzene rings is 2. The van der Waals surface area contributed by atoms with E-state index in [1.807, 2.05) is 12.1 Å². The summed E-state index contributed by atoms with van der Waals surface area (Å²) in [6, 6.07) is 19.6. The molecule has 0 radical (unpaired) electrons. The quantitative estimate of drug-likeness (QED) is 0.416. The number of ether oxygens (including phenoxy) is 1. The predicted molar refractivity (Wildman–Crippen MR) is 112 cm³/mol. The van der Waals surface area contributed by atoms with Crippen LogP contribution in [0, 0.1) is 0 Å². The third-order valence-electron chi connectivity index (χ3n) is 6.33. The van der Waals surface area contributed by atoms with Crippen molar-refractivity contribution < 1.29 is 39.4 Å². The Morgan fingerprint density at radius 2 is 1.60 bits per heavy atom. The van der Waals surface area contributed by atoms with Crippen molar-refractivity contribution in [1.82, 2.24) is 4.57 Å². The van der Waals surface area contributed by atoms with E-state index >= 15 is 0 Å². The molecule has 1 atom stereocenters. The topological polar surface area (TPSA) is 23.0 Å². The summed E-state index contributed by atoms with van der Waals surface area (Å²) in [5.41, 5.74) is 5.24. The summed E-state index contributed by atoms with van der Waals surface area (Å²) in [5, 5.41) is 0. The van der Waals surface area contributed by atoms with Crippen LogP contribution in [0.25, 0.3) is 16.8 Å². The van der Waals surface area contributed by atoms with Gasteiger partial charge in [0.05, 0.1) is 20.2 Å². The fraction of sp³-hybridized carbons (Fsp3) is 0.333. The van der Waals surface area contributed by atoms with E-state index in [1.165, 1.54) is 72.1 Å². The zero-order chi connectivity index (χ0) is 18.9. The summed E-state index contributed by atoms with van der Waals surface area (Å²) in [5.74, 6) is 2.26. The molecule has 0 amide bonds. The van der Waals surface area contributed by atoms with Crippen LogP contribution in [0.1, 0.15) is 19.3 Å². The van der Waals surface area contributed by atoms with Gasteiger partial charge in [0.2, 0.25) is 5.82 Å². The van der Waals surface area contributed by atoms with Gasteiger partial charge in [-0.05, 0) is 43.0 Å². The Morgan fingerprint density at radius 1 is 0.867 bits per heavy atom. The van der Waals surface area contributed by atoms with Gasteiger partial charge in [-0.15, -0.1) is 0 Å². The molecule has 30 heavy (non-hydrogen) atoms. The first kappa shape index (κ1) is 22.7. The molecule has 0 saturated carbocycles. The van der Waals surface area contributed by atoms with E-state index in [2.05, 4.69) is 53.2 Å². The Balaban J connectivity index is 0.00000128. The third-order valence-corrected chi connectivity index (χ3v) is 6.33. The zero-order valence-corrected chi connectivity index (χ0v) is 18.8. The van der Waals surface area contributed by atoms with E-state index in [4.69, 9.17) is 4.74 Å². The minimum Gasteiger partial charge on any atom is -1.00 e. The number of likely N-dealkylation sites (tertiary alicyclic amines) is 1. The lowest BCUT2D eigenvalue weighted by molar-refractivity contribution is -0.925. The lowest BCUT2D eigenvalue weighted by atomic mass is 10.1. The van der Waals surface area contributed by atoms with Crippen molar-refractivity contribution in [3.8, 4) is 22.6 Å². The second-order valence-electron chi connectivity index (χ2n) is 8.02. The molecular formula is C24H29Cl2N3O. The second-order valence-corrected chi connectivity index (χ2v) is 8.02. The summed E-state index contributed by atoms with van der Waals surface area (Å²) in [7, 11) is 1.71. The standard InChI is InChI=1S/C24H27N3O.2ClH/c1-28-21-11-9-19(10-12-21)20-17-24-26(16-15-25-13-5-2-6-14-25)22-7-3-4-8-23(22)27(24)18-20;;/h3-4,7-12,17-18H,2,5-6,13-16H2,1H3;2*1H. The monoisotopic (exact) mass is 445 g/mol. The molecule has 2 aliphatic rings. The average molecular weight is 446 g/mol.